The molecule has 0 aliphatic heterocycles. The summed E-state index contributed by atoms with van der Waals surface area (Å²) in [7, 11) is 0. The monoisotopic (exact) mass is 444 g/mol. The molecule has 0 spiro atoms. The molecule has 0 unspecified atom stereocenters. The molecule has 0 heterocycles. The molecular formula is C30H27F3. The number of aryl methyl sites for hydroxylation is 1. The first-order valence-corrected chi connectivity index (χ1v) is 11.5. The van der Waals surface area contributed by atoms with Crippen molar-refractivity contribution in [3.05, 3.63) is 107 Å². The third kappa shape index (κ3) is 5.03. The molecule has 4 aromatic rings. The van der Waals surface area contributed by atoms with Crippen molar-refractivity contribution >= 4 is 0 Å². The Morgan fingerprint density at radius 1 is 0.485 bits per heavy atom. The van der Waals surface area contributed by atoms with Crippen LogP contribution < -0.4 is 0 Å². The van der Waals surface area contributed by atoms with Gasteiger partial charge in [-0.2, -0.15) is 0 Å². The van der Waals surface area contributed by atoms with Gasteiger partial charge < -0.3 is 0 Å². The summed E-state index contributed by atoms with van der Waals surface area (Å²) in [6.07, 6.45) is 3.17. The number of hydrogen-bond acceptors (Lipinski definition) is 0. The Hall–Kier alpha value is -3.33. The van der Waals surface area contributed by atoms with Crippen molar-refractivity contribution in [2.24, 2.45) is 0 Å². The number of hydrogen-bond donors (Lipinski definition) is 0. The van der Waals surface area contributed by atoms with Crippen LogP contribution in [0.5, 0.6) is 0 Å². The average Bonchev–Trinajstić information content (AvgIpc) is 2.82. The second-order valence-electron chi connectivity index (χ2n) is 8.39. The van der Waals surface area contributed by atoms with E-state index < -0.39 is 17.5 Å². The topological polar surface area (TPSA) is 0 Å². The Bertz CT molecular complexity index is 1220. The maximum absolute atomic E-state index is 15.0. The third-order valence-corrected chi connectivity index (χ3v) is 5.97. The Labute approximate surface area is 193 Å². The minimum atomic E-state index is -0.588. The van der Waals surface area contributed by atoms with Gasteiger partial charge in [0, 0.05) is 11.1 Å². The maximum atomic E-state index is 15.0. The predicted molar refractivity (Wildman–Crippen MR) is 131 cm³/mol. The highest BCUT2D eigenvalue weighted by molar-refractivity contribution is 5.74. The van der Waals surface area contributed by atoms with E-state index in [0.717, 1.165) is 29.5 Å². The van der Waals surface area contributed by atoms with Crippen molar-refractivity contribution in [1.29, 1.82) is 0 Å². The molecule has 4 rings (SSSR count). The number of rotatable bonds is 7. The largest absolute Gasteiger partial charge is 0.207 e. The van der Waals surface area contributed by atoms with Crippen LogP contribution in [0.15, 0.2) is 78.9 Å². The average molecular weight is 445 g/mol. The zero-order valence-corrected chi connectivity index (χ0v) is 19.0. The molecule has 0 bridgehead atoms. The third-order valence-electron chi connectivity index (χ3n) is 5.97. The lowest BCUT2D eigenvalue weighted by molar-refractivity contribution is 0.554. The van der Waals surface area contributed by atoms with Crippen LogP contribution in [0.1, 0.15) is 37.8 Å². The molecule has 0 nitrogen and oxygen atoms in total. The minimum absolute atomic E-state index is 0.0819. The molecule has 0 saturated heterocycles. The lowest BCUT2D eigenvalue weighted by Gasteiger charge is -2.10. The molecule has 0 atom stereocenters. The summed E-state index contributed by atoms with van der Waals surface area (Å²) in [5.41, 5.74) is 5.56. The van der Waals surface area contributed by atoms with Gasteiger partial charge in [-0.3, -0.25) is 0 Å². The molecule has 0 amide bonds. The molecule has 0 aromatic heterocycles. The predicted octanol–water partition coefficient (Wildman–Crippen LogP) is 9.01. The molecule has 0 radical (unpaired) electrons. The summed E-state index contributed by atoms with van der Waals surface area (Å²) in [5, 5.41) is 0. The fourth-order valence-electron chi connectivity index (χ4n) is 4.18. The van der Waals surface area contributed by atoms with E-state index in [-0.39, 0.29) is 5.56 Å². The van der Waals surface area contributed by atoms with Gasteiger partial charge in [0.05, 0.1) is 0 Å². The van der Waals surface area contributed by atoms with Gasteiger partial charge >= 0.3 is 0 Å². The molecule has 4 aromatic carbocycles. The van der Waals surface area contributed by atoms with Crippen molar-refractivity contribution in [3.8, 4) is 33.4 Å². The Balaban J connectivity index is 1.58. The quantitative estimate of drug-likeness (QED) is 0.267. The van der Waals surface area contributed by atoms with Gasteiger partial charge in [-0.1, -0.05) is 87.4 Å². The first kappa shape index (κ1) is 22.8. The molecule has 3 heteroatoms. The summed E-state index contributed by atoms with van der Waals surface area (Å²) in [5.74, 6) is -1.60. The summed E-state index contributed by atoms with van der Waals surface area (Å²) < 4.78 is 43.6. The van der Waals surface area contributed by atoms with E-state index in [1.165, 1.54) is 23.8 Å². The molecule has 0 N–H and O–H groups in total. The van der Waals surface area contributed by atoms with Crippen molar-refractivity contribution < 1.29 is 13.2 Å². The van der Waals surface area contributed by atoms with Crippen LogP contribution in [0.25, 0.3) is 33.4 Å². The highest BCUT2D eigenvalue weighted by Gasteiger charge is 2.13. The van der Waals surface area contributed by atoms with E-state index in [4.69, 9.17) is 0 Å². The standard InChI is InChI=1S/C30H27F3/c1-3-5-20-7-9-21(10-8-20)22-11-13-23(14-12-22)26-16-15-24(17-28(26)31)25-18-29(32)27(6-4-2)30(33)19-25/h7-19H,3-6H2,1-2H3. The Kier molecular flexibility index (Phi) is 6.98. The normalized spacial score (nSPS) is 11.1. The lowest BCUT2D eigenvalue weighted by atomic mass is 9.96. The van der Waals surface area contributed by atoms with E-state index in [2.05, 4.69) is 31.2 Å². The Morgan fingerprint density at radius 2 is 0.970 bits per heavy atom. The van der Waals surface area contributed by atoms with E-state index in [1.807, 2.05) is 31.2 Å². The molecule has 0 fully saturated rings. The van der Waals surface area contributed by atoms with Crippen LogP contribution in [0.4, 0.5) is 13.2 Å². The van der Waals surface area contributed by atoms with Crippen molar-refractivity contribution in [2.45, 2.75) is 39.5 Å². The summed E-state index contributed by atoms with van der Waals surface area (Å²) in [6.45, 7) is 4.04. The highest BCUT2D eigenvalue weighted by Crippen LogP contribution is 2.31. The van der Waals surface area contributed by atoms with E-state index >= 15 is 0 Å². The van der Waals surface area contributed by atoms with Crippen LogP contribution in [0, 0.1) is 17.5 Å². The molecular weight excluding hydrogens is 417 g/mol. The summed E-state index contributed by atoms with van der Waals surface area (Å²) in [4.78, 5) is 0. The van der Waals surface area contributed by atoms with Crippen molar-refractivity contribution in [3.63, 3.8) is 0 Å². The summed E-state index contributed by atoms with van der Waals surface area (Å²) in [6, 6.07) is 23.5. The minimum Gasteiger partial charge on any atom is -0.207 e. The van der Waals surface area contributed by atoms with Gasteiger partial charge in [-0.05, 0) is 64.4 Å². The van der Waals surface area contributed by atoms with Crippen molar-refractivity contribution in [1.82, 2.24) is 0 Å². The van der Waals surface area contributed by atoms with Crippen LogP contribution in [0.2, 0.25) is 0 Å². The zero-order valence-electron chi connectivity index (χ0n) is 19.0. The summed E-state index contributed by atoms with van der Waals surface area (Å²) >= 11 is 0. The van der Waals surface area contributed by atoms with Gasteiger partial charge in [0.1, 0.15) is 17.5 Å². The Morgan fingerprint density at radius 3 is 1.52 bits per heavy atom. The van der Waals surface area contributed by atoms with Gasteiger partial charge in [-0.15, -0.1) is 0 Å². The molecule has 0 aliphatic carbocycles. The molecule has 0 saturated carbocycles. The van der Waals surface area contributed by atoms with Crippen LogP contribution >= 0.6 is 0 Å². The van der Waals surface area contributed by atoms with Crippen LogP contribution in [-0.4, -0.2) is 0 Å². The smallest absolute Gasteiger partial charge is 0.131 e. The molecule has 33 heavy (non-hydrogen) atoms. The molecule has 168 valence electrons. The van der Waals surface area contributed by atoms with E-state index in [1.54, 1.807) is 12.1 Å². The van der Waals surface area contributed by atoms with E-state index in [9.17, 15) is 13.2 Å². The number of benzene rings is 4. The van der Waals surface area contributed by atoms with E-state index in [0.29, 0.717) is 29.5 Å². The van der Waals surface area contributed by atoms with Crippen LogP contribution in [-0.2, 0) is 12.8 Å². The fourth-order valence-corrected chi connectivity index (χ4v) is 4.18. The second-order valence-corrected chi connectivity index (χ2v) is 8.39. The lowest BCUT2D eigenvalue weighted by Crippen LogP contribution is -1.97. The first-order chi connectivity index (χ1) is 16.0. The van der Waals surface area contributed by atoms with Gasteiger partial charge in [0.25, 0.3) is 0 Å². The van der Waals surface area contributed by atoms with Gasteiger partial charge in [0.2, 0.25) is 0 Å². The molecule has 0 aliphatic rings. The number of halogens is 3. The fraction of sp³-hybridized carbons (Fsp3) is 0.200. The van der Waals surface area contributed by atoms with Crippen LogP contribution in [0.3, 0.4) is 0 Å². The van der Waals surface area contributed by atoms with Crippen molar-refractivity contribution in [2.75, 3.05) is 0 Å². The second kappa shape index (κ2) is 10.1. The SMILES string of the molecule is CCCc1ccc(-c2ccc(-c3ccc(-c4cc(F)c(CCC)c(F)c4)cc3F)cc2)cc1. The van der Waals surface area contributed by atoms with Gasteiger partial charge in [-0.25, -0.2) is 13.2 Å². The maximum Gasteiger partial charge on any atom is 0.131 e. The zero-order chi connectivity index (χ0) is 23.4. The first-order valence-electron chi connectivity index (χ1n) is 11.5. The van der Waals surface area contributed by atoms with Gasteiger partial charge in [0.15, 0.2) is 0 Å². The highest BCUT2D eigenvalue weighted by atomic mass is 19.1.